The predicted octanol–water partition coefficient (Wildman–Crippen LogP) is -2.39. The molecular weight excluding hydrogens is 755 g/mol. The van der Waals surface area contributed by atoms with Gasteiger partial charge in [-0.05, 0) is 56.9 Å². The van der Waals surface area contributed by atoms with Crippen molar-refractivity contribution in [2.45, 2.75) is 115 Å². The van der Waals surface area contributed by atoms with E-state index in [9.17, 15) is 53.9 Å². The molecule has 0 unspecified atom stereocenters. The topological polar surface area (TPSA) is 327 Å². The molecule has 56 heavy (non-hydrogen) atoms. The van der Waals surface area contributed by atoms with Crippen LogP contribution in [-0.2, 0) is 40.0 Å². The van der Waals surface area contributed by atoms with Crippen LogP contribution in [0.4, 0.5) is 5.69 Å². The summed E-state index contributed by atoms with van der Waals surface area (Å²) in [6, 6.07) is -2.97. The molecule has 0 spiro atoms. The molecule has 21 heteroatoms. The summed E-state index contributed by atoms with van der Waals surface area (Å²) in [6.45, 7) is 5.66. The molecule has 1 aliphatic rings. The number of hydrogen-bond acceptors (Lipinski definition) is 13. The van der Waals surface area contributed by atoms with E-state index >= 15 is 0 Å². The number of benzene rings is 1. The van der Waals surface area contributed by atoms with E-state index < -0.39 is 94.7 Å². The molecule has 312 valence electrons. The first kappa shape index (κ1) is 47.3. The Balaban J connectivity index is 2.20. The zero-order chi connectivity index (χ0) is 42.1. The number of nitrogens with one attached hydrogen (secondary N) is 6. The molecule has 12 N–H and O–H groups in total. The number of non-ortho nitro benzene ring substituents is 1. The highest BCUT2D eigenvalue weighted by molar-refractivity contribution is 7.99. The molecule has 1 aromatic rings. The van der Waals surface area contributed by atoms with E-state index in [0.717, 1.165) is 12.8 Å². The molecule has 7 amide bonds. The Hall–Kier alpha value is -4.86. The maximum atomic E-state index is 13.6. The highest BCUT2D eigenvalue weighted by Crippen LogP contribution is 2.15. The Kier molecular flexibility index (Phi) is 19.6. The van der Waals surface area contributed by atoms with Crippen LogP contribution < -0.4 is 43.4 Å². The van der Waals surface area contributed by atoms with Gasteiger partial charge in [-0.15, -0.1) is 0 Å². The number of nitro groups is 1. The van der Waals surface area contributed by atoms with Gasteiger partial charge in [0.2, 0.25) is 41.4 Å². The van der Waals surface area contributed by atoms with Gasteiger partial charge in [-0.1, -0.05) is 32.4 Å². The minimum Gasteiger partial charge on any atom is -0.391 e. The molecule has 1 heterocycles. The average molecular weight is 810 g/mol. The van der Waals surface area contributed by atoms with Gasteiger partial charge in [0.05, 0.1) is 17.1 Å². The van der Waals surface area contributed by atoms with Crippen molar-refractivity contribution in [3.8, 4) is 0 Å². The second-order valence-corrected chi connectivity index (χ2v) is 15.1. The van der Waals surface area contributed by atoms with Crippen LogP contribution in [0.1, 0.15) is 65.4 Å². The summed E-state index contributed by atoms with van der Waals surface area (Å²) >= 11 is 1.38. The summed E-state index contributed by atoms with van der Waals surface area (Å²) in [4.78, 5) is 102. The molecule has 0 bridgehead atoms. The molecule has 1 fully saturated rings. The maximum absolute atomic E-state index is 13.6. The van der Waals surface area contributed by atoms with Gasteiger partial charge in [-0.25, -0.2) is 0 Å². The molecule has 0 radical (unpaired) electrons. The van der Waals surface area contributed by atoms with Crippen molar-refractivity contribution < 1.29 is 48.7 Å². The van der Waals surface area contributed by atoms with Crippen molar-refractivity contribution >= 4 is 58.8 Å². The number of nitro benzene ring substituents is 1. The highest BCUT2D eigenvalue weighted by Gasteiger charge is 2.36. The van der Waals surface area contributed by atoms with Gasteiger partial charge >= 0.3 is 0 Å². The van der Waals surface area contributed by atoms with Gasteiger partial charge < -0.3 is 53.6 Å². The minimum absolute atomic E-state index is 0.0830. The number of aliphatic hydroxyl groups excluding tert-OH is 2. The molecule has 1 saturated heterocycles. The summed E-state index contributed by atoms with van der Waals surface area (Å²) in [5.74, 6) is -5.54. The number of aliphatic hydroxyl groups is 2. The van der Waals surface area contributed by atoms with Gasteiger partial charge in [0, 0.05) is 30.7 Å². The zero-order valence-corrected chi connectivity index (χ0v) is 32.8. The third-order valence-corrected chi connectivity index (χ3v) is 9.98. The van der Waals surface area contributed by atoms with Gasteiger partial charge in [0.25, 0.3) is 5.69 Å². The number of carbonyl (C=O) groups is 7. The minimum atomic E-state index is -1.65. The lowest BCUT2D eigenvalue weighted by Gasteiger charge is -2.30. The van der Waals surface area contributed by atoms with Crippen LogP contribution in [0.5, 0.6) is 0 Å². The van der Waals surface area contributed by atoms with Crippen molar-refractivity contribution in [1.29, 1.82) is 0 Å². The van der Waals surface area contributed by atoms with Crippen LogP contribution in [0, 0.1) is 16.0 Å². The molecule has 0 aromatic heterocycles. The number of nitrogens with two attached hydrogens (primary N) is 2. The molecular formula is C35H55N9O11S. The first-order valence-electron chi connectivity index (χ1n) is 18.3. The Morgan fingerprint density at radius 2 is 1.45 bits per heavy atom. The molecule has 1 aromatic carbocycles. The second-order valence-electron chi connectivity index (χ2n) is 13.9. The predicted molar refractivity (Wildman–Crippen MR) is 205 cm³/mol. The number of thioether (sulfide) groups is 1. The quantitative estimate of drug-likeness (QED) is 0.0581. The third-order valence-electron chi connectivity index (χ3n) is 8.84. The van der Waals surface area contributed by atoms with E-state index in [1.807, 2.05) is 0 Å². The normalized spacial score (nSPS) is 20.1. The molecule has 1 aliphatic heterocycles. The van der Waals surface area contributed by atoms with Crippen LogP contribution in [0.15, 0.2) is 24.3 Å². The zero-order valence-electron chi connectivity index (χ0n) is 31.9. The van der Waals surface area contributed by atoms with Crippen molar-refractivity contribution in [3.05, 3.63) is 39.9 Å². The molecule has 8 atom stereocenters. The lowest BCUT2D eigenvalue weighted by molar-refractivity contribution is -0.384. The van der Waals surface area contributed by atoms with Gasteiger partial charge in [0.15, 0.2) is 0 Å². The standard InChI is InChI=1S/C35H55N9O11S/c1-18(2)27(33(51)43-28(19(3)45)34(52)39-24(30(37)48)16-21-9-11-22(12-10-21)44(54)55)41-35(53)29(20(4)46)42-32(50)25-17-56-15-7-5-6-8-26(47)38-23(13-14-36)31(49)40-25/h9-12,18-20,23-25,27-29,45-46H,5-8,13-17,36H2,1-4H3,(H2,37,48)(H,38,47)(H,39,52)(H,40,49)(H,41,53)(H,42,50)(H,43,51)/t19-,20-,23+,24+,25+,27+,28+,29+/m1/s1. The maximum Gasteiger partial charge on any atom is 0.269 e. The van der Waals surface area contributed by atoms with Gasteiger partial charge in [-0.2, -0.15) is 11.8 Å². The SMILES string of the molecule is CC(C)[C@H](NC(=O)[C@@H](NC(=O)[C@@H]1CSCCCCCC(=O)N[C@@H](CCN)C(=O)N1)[C@@H](C)O)C(=O)N[C@H](C(=O)N[C@@H](Cc1ccc([N+](=O)[O-])cc1)C(N)=O)[C@@H](C)O. The third kappa shape index (κ3) is 15.3. The Morgan fingerprint density at radius 3 is 2.00 bits per heavy atom. The lowest BCUT2D eigenvalue weighted by atomic mass is 10.0. The van der Waals surface area contributed by atoms with Crippen LogP contribution in [0.25, 0.3) is 0 Å². The summed E-state index contributed by atoms with van der Waals surface area (Å²) in [7, 11) is 0. The summed E-state index contributed by atoms with van der Waals surface area (Å²) in [5, 5.41) is 46.9. The van der Waals surface area contributed by atoms with Crippen molar-refractivity contribution in [2.75, 3.05) is 18.1 Å². The van der Waals surface area contributed by atoms with E-state index in [2.05, 4.69) is 31.9 Å². The fraction of sp³-hybridized carbons (Fsp3) is 0.629. The van der Waals surface area contributed by atoms with Crippen LogP contribution in [-0.4, -0.2) is 123 Å². The Morgan fingerprint density at radius 1 is 0.875 bits per heavy atom. The van der Waals surface area contributed by atoms with Gasteiger partial charge in [0.1, 0.15) is 36.3 Å². The number of primary amides is 1. The van der Waals surface area contributed by atoms with Crippen molar-refractivity contribution in [1.82, 2.24) is 31.9 Å². The molecule has 0 saturated carbocycles. The first-order chi connectivity index (χ1) is 26.4. The van der Waals surface area contributed by atoms with Crippen molar-refractivity contribution in [2.24, 2.45) is 17.4 Å². The fourth-order valence-electron chi connectivity index (χ4n) is 5.58. The monoisotopic (exact) mass is 809 g/mol. The Labute approximate surface area is 328 Å². The smallest absolute Gasteiger partial charge is 0.269 e. The van der Waals surface area contributed by atoms with Crippen molar-refractivity contribution in [3.63, 3.8) is 0 Å². The Bertz CT molecular complexity index is 1540. The summed E-state index contributed by atoms with van der Waals surface area (Å²) in [6.07, 6.45) is -0.672. The van der Waals surface area contributed by atoms with E-state index in [1.165, 1.54) is 49.9 Å². The highest BCUT2D eigenvalue weighted by atomic mass is 32.2. The van der Waals surface area contributed by atoms with E-state index in [4.69, 9.17) is 11.5 Å². The largest absolute Gasteiger partial charge is 0.391 e. The number of rotatable bonds is 17. The molecule has 0 aliphatic carbocycles. The fourth-order valence-corrected chi connectivity index (χ4v) is 6.63. The number of nitrogens with zero attached hydrogens (tertiary/aromatic N) is 1. The van der Waals surface area contributed by atoms with E-state index in [0.29, 0.717) is 17.7 Å². The van der Waals surface area contributed by atoms with Gasteiger partial charge in [-0.3, -0.25) is 43.7 Å². The van der Waals surface area contributed by atoms with E-state index in [1.54, 1.807) is 13.8 Å². The van der Waals surface area contributed by atoms with Crippen LogP contribution in [0.3, 0.4) is 0 Å². The summed E-state index contributed by atoms with van der Waals surface area (Å²) in [5.41, 5.74) is 11.4. The summed E-state index contributed by atoms with van der Waals surface area (Å²) < 4.78 is 0. The average Bonchev–Trinajstić information content (AvgIpc) is 3.13. The molecule has 2 rings (SSSR count). The lowest BCUT2D eigenvalue weighted by Crippen LogP contribution is -2.63. The van der Waals surface area contributed by atoms with Crippen LogP contribution >= 0.6 is 11.8 Å². The number of carbonyl (C=O) groups excluding carboxylic acids is 7. The van der Waals surface area contributed by atoms with E-state index in [-0.39, 0.29) is 43.2 Å². The first-order valence-corrected chi connectivity index (χ1v) is 19.5. The molecule has 20 nitrogen and oxygen atoms in total. The second kappa shape index (κ2) is 23.3. The number of amides is 7. The van der Waals surface area contributed by atoms with Crippen LogP contribution in [0.2, 0.25) is 0 Å². The number of hydrogen-bond donors (Lipinski definition) is 10.